The summed E-state index contributed by atoms with van der Waals surface area (Å²) in [7, 11) is 3.09. The molecule has 2 rings (SSSR count). The fourth-order valence-electron chi connectivity index (χ4n) is 1.89. The number of hydrogen-bond donors (Lipinski definition) is 1. The molecule has 0 atom stereocenters. The van der Waals surface area contributed by atoms with Gasteiger partial charge >= 0.3 is 0 Å². The summed E-state index contributed by atoms with van der Waals surface area (Å²) in [5, 5.41) is 0.658. The first kappa shape index (κ1) is 12.2. The number of carbonyl (C=O) groups is 1. The van der Waals surface area contributed by atoms with Crippen LogP contribution in [0.5, 0.6) is 11.5 Å². The van der Waals surface area contributed by atoms with Crippen LogP contribution in [0, 0.1) is 6.92 Å². The maximum Gasteiger partial charge on any atom is 0.249 e. The Labute approximate surface area is 105 Å². The first-order valence-corrected chi connectivity index (χ1v) is 5.40. The van der Waals surface area contributed by atoms with Crippen LogP contribution in [0.2, 0.25) is 0 Å². The maximum atomic E-state index is 11.4. The van der Waals surface area contributed by atoms with Gasteiger partial charge in [-0.15, -0.1) is 0 Å². The van der Waals surface area contributed by atoms with E-state index in [-0.39, 0.29) is 0 Å². The van der Waals surface area contributed by atoms with E-state index in [4.69, 9.17) is 15.2 Å². The van der Waals surface area contributed by atoms with Crippen LogP contribution in [0.4, 0.5) is 0 Å². The molecule has 0 saturated heterocycles. The summed E-state index contributed by atoms with van der Waals surface area (Å²) in [6.07, 6.45) is 0. The summed E-state index contributed by atoms with van der Waals surface area (Å²) in [6, 6.07) is 5.10. The van der Waals surface area contributed by atoms with Crippen LogP contribution in [-0.4, -0.2) is 25.1 Å². The zero-order valence-electron chi connectivity index (χ0n) is 10.5. The highest BCUT2D eigenvalue weighted by molar-refractivity contribution is 6.06. The maximum absolute atomic E-state index is 11.4. The molecule has 0 aliphatic carbocycles. The number of hydrogen-bond acceptors (Lipinski definition) is 4. The van der Waals surface area contributed by atoms with Crippen molar-refractivity contribution in [2.75, 3.05) is 14.2 Å². The molecule has 1 heterocycles. The fraction of sp³-hybridized carbons (Fsp3) is 0.231. The number of rotatable bonds is 3. The average molecular weight is 246 g/mol. The third kappa shape index (κ3) is 1.95. The van der Waals surface area contributed by atoms with Gasteiger partial charge in [0.15, 0.2) is 11.5 Å². The lowest BCUT2D eigenvalue weighted by molar-refractivity contribution is 0.100. The number of nitrogens with zero attached hydrogens (tertiary/aromatic N) is 1. The Morgan fingerprint density at radius 1 is 1.17 bits per heavy atom. The normalized spacial score (nSPS) is 10.4. The van der Waals surface area contributed by atoms with Crippen molar-refractivity contribution >= 4 is 16.8 Å². The molecule has 2 N–H and O–H groups in total. The topological polar surface area (TPSA) is 74.4 Å². The summed E-state index contributed by atoms with van der Waals surface area (Å²) in [4.78, 5) is 15.8. The van der Waals surface area contributed by atoms with Gasteiger partial charge in [0.2, 0.25) is 5.91 Å². The second kappa shape index (κ2) is 4.52. The Hall–Kier alpha value is -2.30. The van der Waals surface area contributed by atoms with E-state index in [2.05, 4.69) is 4.98 Å². The van der Waals surface area contributed by atoms with Gasteiger partial charge in [0, 0.05) is 17.1 Å². The summed E-state index contributed by atoms with van der Waals surface area (Å²) >= 11 is 0. The number of carbonyl (C=O) groups excluding carboxylic acids is 1. The predicted octanol–water partition coefficient (Wildman–Crippen LogP) is 1.66. The van der Waals surface area contributed by atoms with Crippen LogP contribution in [-0.2, 0) is 0 Å². The van der Waals surface area contributed by atoms with Crippen molar-refractivity contribution < 1.29 is 14.3 Å². The Morgan fingerprint density at radius 3 is 2.33 bits per heavy atom. The Balaban J connectivity index is 2.83. The van der Waals surface area contributed by atoms with Gasteiger partial charge in [0.25, 0.3) is 0 Å². The highest BCUT2D eigenvalue weighted by atomic mass is 16.5. The van der Waals surface area contributed by atoms with Crippen LogP contribution >= 0.6 is 0 Å². The Kier molecular flexibility index (Phi) is 3.06. The van der Waals surface area contributed by atoms with E-state index in [0.717, 1.165) is 5.69 Å². The molecule has 1 aromatic heterocycles. The summed E-state index contributed by atoms with van der Waals surface area (Å²) < 4.78 is 10.4. The van der Waals surface area contributed by atoms with Crippen LogP contribution in [0.1, 0.15) is 16.1 Å². The molecule has 5 nitrogen and oxygen atoms in total. The van der Waals surface area contributed by atoms with Gasteiger partial charge in [0.05, 0.1) is 25.3 Å². The molecular weight excluding hydrogens is 232 g/mol. The molecule has 0 aliphatic heterocycles. The van der Waals surface area contributed by atoms with Gasteiger partial charge in [-0.1, -0.05) is 0 Å². The molecule has 0 spiro atoms. The number of amides is 1. The van der Waals surface area contributed by atoms with Crippen molar-refractivity contribution in [2.45, 2.75) is 6.92 Å². The molecule has 94 valence electrons. The minimum Gasteiger partial charge on any atom is -0.493 e. The molecule has 0 radical (unpaired) electrons. The zero-order chi connectivity index (χ0) is 13.3. The smallest absolute Gasteiger partial charge is 0.249 e. The third-order valence-electron chi connectivity index (χ3n) is 2.71. The van der Waals surface area contributed by atoms with E-state index >= 15 is 0 Å². The SMILES string of the molecule is COc1cc2nc(C)cc(C(N)=O)c2cc1OC. The van der Waals surface area contributed by atoms with Crippen LogP contribution in [0.25, 0.3) is 10.9 Å². The van der Waals surface area contributed by atoms with Crippen LogP contribution in [0.3, 0.4) is 0 Å². The second-order valence-corrected chi connectivity index (χ2v) is 3.90. The fourth-order valence-corrected chi connectivity index (χ4v) is 1.89. The number of pyridine rings is 1. The number of ether oxygens (including phenoxy) is 2. The molecule has 0 unspecified atom stereocenters. The van der Waals surface area contributed by atoms with Crippen molar-refractivity contribution in [1.82, 2.24) is 4.98 Å². The highest BCUT2D eigenvalue weighted by Crippen LogP contribution is 2.32. The van der Waals surface area contributed by atoms with Crippen molar-refractivity contribution in [2.24, 2.45) is 5.73 Å². The predicted molar refractivity (Wildman–Crippen MR) is 68.1 cm³/mol. The summed E-state index contributed by atoms with van der Waals surface area (Å²) in [5.41, 5.74) is 7.18. The molecule has 5 heteroatoms. The van der Waals surface area contributed by atoms with Crippen molar-refractivity contribution in [3.63, 3.8) is 0 Å². The highest BCUT2D eigenvalue weighted by Gasteiger charge is 2.13. The van der Waals surface area contributed by atoms with Crippen molar-refractivity contribution in [3.8, 4) is 11.5 Å². The quantitative estimate of drug-likeness (QED) is 0.893. The zero-order valence-corrected chi connectivity index (χ0v) is 10.5. The number of methoxy groups -OCH3 is 2. The summed E-state index contributed by atoms with van der Waals surface area (Å²) in [5.74, 6) is 0.620. The molecule has 1 amide bonds. The summed E-state index contributed by atoms with van der Waals surface area (Å²) in [6.45, 7) is 1.81. The molecule has 0 saturated carbocycles. The number of fused-ring (bicyclic) bond motifs is 1. The van der Waals surface area contributed by atoms with Gasteiger partial charge in [-0.05, 0) is 19.1 Å². The largest absolute Gasteiger partial charge is 0.493 e. The molecule has 2 aromatic rings. The van der Waals surface area contributed by atoms with E-state index in [0.29, 0.717) is 28.0 Å². The van der Waals surface area contributed by atoms with Gasteiger partial charge in [-0.2, -0.15) is 0 Å². The molecule has 0 bridgehead atoms. The molecular formula is C13H14N2O3. The first-order chi connectivity index (χ1) is 8.56. The molecule has 1 aromatic carbocycles. The Bertz CT molecular complexity index is 623. The number of nitrogens with two attached hydrogens (primary N) is 1. The van der Waals surface area contributed by atoms with E-state index in [1.54, 1.807) is 25.3 Å². The minimum atomic E-state index is -0.488. The monoisotopic (exact) mass is 246 g/mol. The van der Waals surface area contributed by atoms with Crippen LogP contribution < -0.4 is 15.2 Å². The Morgan fingerprint density at radius 2 is 1.78 bits per heavy atom. The number of primary amides is 1. The second-order valence-electron chi connectivity index (χ2n) is 3.90. The molecule has 0 aliphatic rings. The van der Waals surface area contributed by atoms with Gasteiger partial charge < -0.3 is 15.2 Å². The lowest BCUT2D eigenvalue weighted by Gasteiger charge is -2.11. The van der Waals surface area contributed by atoms with Crippen LogP contribution in [0.15, 0.2) is 18.2 Å². The molecule has 0 fully saturated rings. The van der Waals surface area contributed by atoms with Gasteiger partial charge in [-0.25, -0.2) is 0 Å². The van der Waals surface area contributed by atoms with E-state index < -0.39 is 5.91 Å². The standard InChI is InChI=1S/C13H14N2O3/c1-7-4-9(13(14)16)8-5-11(17-2)12(18-3)6-10(8)15-7/h4-6H,1-3H3,(H2,14,16). The number of aromatic nitrogens is 1. The minimum absolute atomic E-state index is 0.429. The van der Waals surface area contributed by atoms with E-state index in [1.807, 2.05) is 6.92 Å². The van der Waals surface area contributed by atoms with Gasteiger partial charge in [-0.3, -0.25) is 9.78 Å². The molecule has 18 heavy (non-hydrogen) atoms. The third-order valence-corrected chi connectivity index (χ3v) is 2.71. The van der Waals surface area contributed by atoms with E-state index in [9.17, 15) is 4.79 Å². The first-order valence-electron chi connectivity index (χ1n) is 5.40. The lowest BCUT2D eigenvalue weighted by atomic mass is 10.1. The number of aryl methyl sites for hydroxylation is 1. The van der Waals surface area contributed by atoms with Crippen molar-refractivity contribution in [1.29, 1.82) is 0 Å². The van der Waals surface area contributed by atoms with E-state index in [1.165, 1.54) is 7.11 Å². The van der Waals surface area contributed by atoms with Crippen molar-refractivity contribution in [3.05, 3.63) is 29.5 Å². The lowest BCUT2D eigenvalue weighted by Crippen LogP contribution is -2.12. The van der Waals surface area contributed by atoms with Gasteiger partial charge in [0.1, 0.15) is 0 Å². The average Bonchev–Trinajstić information content (AvgIpc) is 2.35. The number of benzene rings is 1.